The summed E-state index contributed by atoms with van der Waals surface area (Å²) in [6.45, 7) is 3.86. The number of phosphoric ester groups is 1. The zero-order valence-corrected chi connectivity index (χ0v) is 59.7. The van der Waals surface area contributed by atoms with Gasteiger partial charge < -0.3 is 20.1 Å². The number of rotatable bonds is 77. The molecule has 0 heterocycles. The Morgan fingerprint density at radius 2 is 0.494 bits per heavy atom. The minimum Gasteiger partial charge on any atom is -0.462 e. The molecule has 10 heteroatoms. The van der Waals surface area contributed by atoms with Gasteiger partial charge in [0.15, 0.2) is 6.10 Å². The Bertz CT molecular complexity index is 1380. The number of hydrogen-bond donors (Lipinski definition) is 2. The average Bonchev–Trinajstić information content (AvgIpc) is 3.55. The summed E-state index contributed by atoms with van der Waals surface area (Å²) in [4.78, 5) is 35.4. The number of nitrogens with two attached hydrogens (primary N) is 1. The average molecular weight is 1250 g/mol. The van der Waals surface area contributed by atoms with Crippen LogP contribution < -0.4 is 5.73 Å². The van der Waals surface area contributed by atoms with E-state index in [-0.39, 0.29) is 32.1 Å². The summed E-state index contributed by atoms with van der Waals surface area (Å²) in [7, 11) is -4.39. The SMILES string of the molecule is CCCCCCCCCCCCCCCCCCCCCCCCCCCCCCCCCCCC(=O)OC[C@H](COP(=O)(O)OCCN)OC(=O)CCCCCCCCCCCCCCCCCCCCCCCCCCCCCCCCCCC. The molecule has 0 bridgehead atoms. The van der Waals surface area contributed by atoms with E-state index in [4.69, 9.17) is 24.3 Å². The van der Waals surface area contributed by atoms with Crippen LogP contribution in [0.5, 0.6) is 0 Å². The lowest BCUT2D eigenvalue weighted by atomic mass is 10.0. The Kier molecular flexibility index (Phi) is 73.2. The number of unbranched alkanes of at least 4 members (excludes halogenated alkanes) is 64. The number of phosphoric acid groups is 1. The van der Waals surface area contributed by atoms with Crippen molar-refractivity contribution in [2.45, 2.75) is 457 Å². The highest BCUT2D eigenvalue weighted by Gasteiger charge is 2.26. The topological polar surface area (TPSA) is 134 Å². The van der Waals surface area contributed by atoms with Crippen LogP contribution >= 0.6 is 7.82 Å². The zero-order chi connectivity index (χ0) is 63.0. The maximum atomic E-state index is 12.8. The molecular weight excluding hydrogens is 1100 g/mol. The Balaban J connectivity index is 3.73. The third-order valence-corrected chi connectivity index (χ3v) is 19.5. The first-order valence-electron chi connectivity index (χ1n) is 39.5. The molecule has 0 saturated carbocycles. The molecule has 0 amide bonds. The second-order valence-electron chi connectivity index (χ2n) is 27.3. The Hall–Kier alpha value is -0.990. The molecule has 0 aromatic carbocycles. The van der Waals surface area contributed by atoms with Crippen LogP contribution in [0.15, 0.2) is 0 Å². The molecule has 0 aliphatic heterocycles. The standard InChI is InChI=1S/C77H154NO8P/c1-3-5-7-9-11-13-15-17-19-21-23-25-27-29-31-33-35-37-39-41-43-45-47-49-51-53-55-57-59-61-63-65-67-69-76(79)83-73-75(74-85-87(81,82)84-72-71-78)86-77(80)70-68-66-64-62-60-58-56-54-52-50-48-46-44-42-40-38-36-34-32-30-28-26-24-22-20-18-16-14-12-10-8-6-4-2/h75H,3-74,78H2,1-2H3,(H,81,82)/t75-/m1/s1. The number of carbonyl (C=O) groups excluding carboxylic acids is 2. The van der Waals surface area contributed by atoms with Crippen molar-refractivity contribution in [1.82, 2.24) is 0 Å². The molecule has 2 atom stereocenters. The lowest BCUT2D eigenvalue weighted by Gasteiger charge is -2.19. The van der Waals surface area contributed by atoms with Crippen LogP contribution in [0, 0.1) is 0 Å². The molecule has 0 spiro atoms. The van der Waals surface area contributed by atoms with E-state index in [0.717, 1.165) is 32.1 Å². The number of hydrogen-bond acceptors (Lipinski definition) is 8. The van der Waals surface area contributed by atoms with Crippen LogP contribution in [0.25, 0.3) is 0 Å². The predicted molar refractivity (Wildman–Crippen MR) is 377 cm³/mol. The van der Waals surface area contributed by atoms with Gasteiger partial charge in [0.2, 0.25) is 0 Å². The van der Waals surface area contributed by atoms with Crippen molar-refractivity contribution in [3.63, 3.8) is 0 Å². The molecule has 0 aliphatic rings. The molecule has 0 radical (unpaired) electrons. The van der Waals surface area contributed by atoms with Crippen molar-refractivity contribution in [3.05, 3.63) is 0 Å². The van der Waals surface area contributed by atoms with Gasteiger partial charge in [0, 0.05) is 19.4 Å². The molecule has 1 unspecified atom stereocenters. The number of ether oxygens (including phenoxy) is 2. The maximum Gasteiger partial charge on any atom is 0.472 e. The van der Waals surface area contributed by atoms with Gasteiger partial charge in [-0.15, -0.1) is 0 Å². The molecule has 3 N–H and O–H groups in total. The van der Waals surface area contributed by atoms with Crippen LogP contribution in [0.1, 0.15) is 450 Å². The lowest BCUT2D eigenvalue weighted by Crippen LogP contribution is -2.29. The minimum atomic E-state index is -4.39. The Labute approximate surface area is 543 Å². The van der Waals surface area contributed by atoms with Crippen molar-refractivity contribution in [1.29, 1.82) is 0 Å². The fourth-order valence-corrected chi connectivity index (χ4v) is 13.4. The van der Waals surface area contributed by atoms with Gasteiger partial charge in [-0.2, -0.15) is 0 Å². The molecule has 520 valence electrons. The van der Waals surface area contributed by atoms with Crippen molar-refractivity contribution >= 4 is 19.8 Å². The smallest absolute Gasteiger partial charge is 0.462 e. The summed E-state index contributed by atoms with van der Waals surface area (Å²) >= 11 is 0. The van der Waals surface area contributed by atoms with Crippen molar-refractivity contribution in [2.24, 2.45) is 5.73 Å². The molecule has 0 aromatic heterocycles. The maximum absolute atomic E-state index is 12.8. The number of esters is 2. The van der Waals surface area contributed by atoms with Crippen LogP contribution in [-0.4, -0.2) is 49.3 Å². The highest BCUT2D eigenvalue weighted by molar-refractivity contribution is 7.47. The van der Waals surface area contributed by atoms with E-state index < -0.39 is 26.5 Å². The Morgan fingerprint density at radius 1 is 0.299 bits per heavy atom. The van der Waals surface area contributed by atoms with E-state index in [1.54, 1.807) is 0 Å². The van der Waals surface area contributed by atoms with Crippen LogP contribution in [-0.2, 0) is 32.7 Å². The highest BCUT2D eigenvalue weighted by atomic mass is 31.2. The third kappa shape index (κ3) is 73.9. The van der Waals surface area contributed by atoms with Crippen LogP contribution in [0.4, 0.5) is 0 Å². The summed E-state index contributed by atoms with van der Waals surface area (Å²) in [5.74, 6) is -0.794. The zero-order valence-electron chi connectivity index (χ0n) is 58.8. The quantitative estimate of drug-likeness (QED) is 0.0347. The van der Waals surface area contributed by atoms with Gasteiger partial charge in [0.25, 0.3) is 0 Å². The van der Waals surface area contributed by atoms with Crippen molar-refractivity contribution in [3.8, 4) is 0 Å². The number of carbonyl (C=O) groups is 2. The van der Waals surface area contributed by atoms with Gasteiger partial charge in [0.1, 0.15) is 6.61 Å². The Morgan fingerprint density at radius 3 is 0.701 bits per heavy atom. The third-order valence-electron chi connectivity index (χ3n) is 18.5. The van der Waals surface area contributed by atoms with E-state index >= 15 is 0 Å². The first kappa shape index (κ1) is 86.0. The monoisotopic (exact) mass is 1250 g/mol. The summed E-state index contributed by atoms with van der Waals surface area (Å²) in [6.07, 6.45) is 89.7. The van der Waals surface area contributed by atoms with E-state index in [1.807, 2.05) is 0 Å². The van der Waals surface area contributed by atoms with Crippen molar-refractivity contribution in [2.75, 3.05) is 26.4 Å². The van der Waals surface area contributed by atoms with E-state index in [2.05, 4.69) is 13.8 Å². The second kappa shape index (κ2) is 74.1. The largest absolute Gasteiger partial charge is 0.472 e. The van der Waals surface area contributed by atoms with E-state index in [1.165, 1.54) is 385 Å². The normalized spacial score (nSPS) is 12.7. The molecule has 0 rings (SSSR count). The molecular formula is C77H154NO8P. The van der Waals surface area contributed by atoms with E-state index in [9.17, 15) is 19.0 Å². The first-order valence-corrected chi connectivity index (χ1v) is 41.0. The molecule has 0 aliphatic carbocycles. The highest BCUT2D eigenvalue weighted by Crippen LogP contribution is 2.43. The van der Waals surface area contributed by atoms with Crippen LogP contribution in [0.3, 0.4) is 0 Å². The first-order chi connectivity index (χ1) is 42.8. The minimum absolute atomic E-state index is 0.0590. The van der Waals surface area contributed by atoms with Gasteiger partial charge in [-0.05, 0) is 12.8 Å². The van der Waals surface area contributed by atoms with Gasteiger partial charge >= 0.3 is 19.8 Å². The molecule has 87 heavy (non-hydrogen) atoms. The van der Waals surface area contributed by atoms with E-state index in [0.29, 0.717) is 12.8 Å². The predicted octanol–water partition coefficient (Wildman–Crippen LogP) is 26.1. The van der Waals surface area contributed by atoms with Gasteiger partial charge in [-0.25, -0.2) is 4.57 Å². The lowest BCUT2D eigenvalue weighted by molar-refractivity contribution is -0.161. The van der Waals surface area contributed by atoms with Gasteiger partial charge in [-0.1, -0.05) is 425 Å². The fourth-order valence-electron chi connectivity index (χ4n) is 12.6. The van der Waals surface area contributed by atoms with Crippen molar-refractivity contribution < 1.29 is 37.6 Å². The van der Waals surface area contributed by atoms with Gasteiger partial charge in [-0.3, -0.25) is 18.6 Å². The second-order valence-corrected chi connectivity index (χ2v) is 28.8. The molecule has 9 nitrogen and oxygen atoms in total. The summed E-state index contributed by atoms with van der Waals surface area (Å²) in [5, 5.41) is 0. The van der Waals surface area contributed by atoms with Gasteiger partial charge in [0.05, 0.1) is 13.2 Å². The summed E-state index contributed by atoms with van der Waals surface area (Å²) in [5.41, 5.74) is 5.41. The molecule has 0 fully saturated rings. The molecule has 0 saturated heterocycles. The van der Waals surface area contributed by atoms with Crippen LogP contribution in [0.2, 0.25) is 0 Å². The summed E-state index contributed by atoms with van der Waals surface area (Å²) in [6, 6.07) is 0. The summed E-state index contributed by atoms with van der Waals surface area (Å²) < 4.78 is 33.3. The molecule has 0 aromatic rings. The fraction of sp³-hybridized carbons (Fsp3) is 0.974.